The van der Waals surface area contributed by atoms with Gasteiger partial charge in [-0.05, 0) is 74.2 Å². The summed E-state index contributed by atoms with van der Waals surface area (Å²) in [5.41, 5.74) is 1.56. The van der Waals surface area contributed by atoms with Crippen molar-refractivity contribution in [2.45, 2.75) is 72.0 Å². The second-order valence-electron chi connectivity index (χ2n) is 10.3. The van der Waals surface area contributed by atoms with Crippen molar-refractivity contribution in [3.8, 4) is 0 Å². The Morgan fingerprint density at radius 2 is 1.87 bits per heavy atom. The predicted octanol–water partition coefficient (Wildman–Crippen LogP) is 3.79. The van der Waals surface area contributed by atoms with Gasteiger partial charge in [-0.2, -0.15) is 0 Å². The van der Waals surface area contributed by atoms with Crippen molar-refractivity contribution in [2.75, 3.05) is 0 Å². The molecule has 0 amide bonds. The highest BCUT2D eigenvalue weighted by atomic mass is 16.4. The van der Waals surface area contributed by atoms with Gasteiger partial charge in [-0.1, -0.05) is 38.5 Å². The van der Waals surface area contributed by atoms with Crippen LogP contribution in [0.15, 0.2) is 34.9 Å². The fourth-order valence-corrected chi connectivity index (χ4v) is 6.28. The zero-order valence-corrected chi connectivity index (χ0v) is 18.9. The van der Waals surface area contributed by atoms with E-state index in [0.717, 1.165) is 31.3 Å². The Morgan fingerprint density at radius 3 is 2.48 bits per heavy atom. The minimum absolute atomic E-state index is 0.00904. The number of rotatable bonds is 6. The molecule has 0 aromatic rings. The second-order valence-corrected chi connectivity index (χ2v) is 10.3. The monoisotopic (exact) mass is 432 g/mol. The van der Waals surface area contributed by atoms with E-state index in [1.54, 1.807) is 0 Å². The molecule has 0 aromatic carbocycles. The number of carboxylic acid groups (broad SMARTS) is 2. The average molecular weight is 433 g/mol. The Bertz CT molecular complexity index is 824. The third-order valence-corrected chi connectivity index (χ3v) is 8.30. The molecule has 1 saturated carbocycles. The fraction of sp³-hybridized carbons (Fsp3) is 0.680. The number of aliphatic hydroxyl groups excluding tert-OH is 2. The summed E-state index contributed by atoms with van der Waals surface area (Å²) in [5, 5.41) is 40.1. The van der Waals surface area contributed by atoms with Crippen molar-refractivity contribution in [1.29, 1.82) is 0 Å². The summed E-state index contributed by atoms with van der Waals surface area (Å²) in [6.45, 7) is 7.75. The van der Waals surface area contributed by atoms with Gasteiger partial charge in [-0.3, -0.25) is 0 Å². The molecule has 3 aliphatic rings. The molecule has 0 heterocycles. The maximum absolute atomic E-state index is 12.0. The van der Waals surface area contributed by atoms with Crippen LogP contribution in [0.4, 0.5) is 0 Å². The molecule has 0 spiro atoms. The molecule has 1 unspecified atom stereocenters. The van der Waals surface area contributed by atoms with E-state index in [1.165, 1.54) is 13.0 Å². The second kappa shape index (κ2) is 8.91. The quantitative estimate of drug-likeness (QED) is 0.375. The van der Waals surface area contributed by atoms with E-state index in [1.807, 2.05) is 13.0 Å². The predicted molar refractivity (Wildman–Crippen MR) is 117 cm³/mol. The molecule has 6 heteroatoms. The lowest BCUT2D eigenvalue weighted by Crippen LogP contribution is -2.37. The van der Waals surface area contributed by atoms with Crippen LogP contribution in [0.3, 0.4) is 0 Å². The Kier molecular flexibility index (Phi) is 6.82. The maximum Gasteiger partial charge on any atom is 0.331 e. The van der Waals surface area contributed by atoms with Crippen molar-refractivity contribution < 1.29 is 30.0 Å². The Balaban J connectivity index is 1.88. The average Bonchev–Trinajstić information content (AvgIpc) is 3.19. The zero-order chi connectivity index (χ0) is 23.1. The fourth-order valence-electron chi connectivity index (χ4n) is 6.28. The van der Waals surface area contributed by atoms with Gasteiger partial charge >= 0.3 is 11.9 Å². The lowest BCUT2D eigenvalue weighted by molar-refractivity contribution is -0.134. The molecule has 1 fully saturated rings. The smallest absolute Gasteiger partial charge is 0.331 e. The summed E-state index contributed by atoms with van der Waals surface area (Å²) >= 11 is 0. The number of carbonyl (C=O) groups is 2. The van der Waals surface area contributed by atoms with Crippen LogP contribution in [-0.4, -0.2) is 44.6 Å². The van der Waals surface area contributed by atoms with E-state index in [4.69, 9.17) is 5.11 Å². The minimum Gasteiger partial charge on any atom is -0.478 e. The van der Waals surface area contributed by atoms with Crippen LogP contribution in [0.2, 0.25) is 0 Å². The van der Waals surface area contributed by atoms with E-state index in [2.05, 4.69) is 19.9 Å². The number of aliphatic carboxylic acids is 2. The van der Waals surface area contributed by atoms with E-state index in [0.29, 0.717) is 23.8 Å². The number of fused-ring (bicyclic) bond motifs is 2. The molecule has 0 aliphatic heterocycles. The first-order valence-electron chi connectivity index (χ1n) is 11.4. The summed E-state index contributed by atoms with van der Waals surface area (Å²) < 4.78 is 0. The summed E-state index contributed by atoms with van der Waals surface area (Å²) in [6.07, 6.45) is 7.26. The largest absolute Gasteiger partial charge is 0.478 e. The van der Waals surface area contributed by atoms with Gasteiger partial charge in [-0.25, -0.2) is 9.59 Å². The highest BCUT2D eigenvalue weighted by Crippen LogP contribution is 2.57. The normalized spacial score (nSPS) is 36.3. The molecular formula is C25H36O6. The zero-order valence-electron chi connectivity index (χ0n) is 18.9. The molecule has 0 bridgehead atoms. The van der Waals surface area contributed by atoms with Crippen LogP contribution in [-0.2, 0) is 9.59 Å². The van der Waals surface area contributed by atoms with Gasteiger partial charge in [0.25, 0.3) is 0 Å². The number of allylic oxidation sites excluding steroid dienone is 2. The molecular weight excluding hydrogens is 396 g/mol. The van der Waals surface area contributed by atoms with Gasteiger partial charge in [0.05, 0.1) is 12.2 Å². The highest BCUT2D eigenvalue weighted by molar-refractivity contribution is 5.87. The molecule has 0 saturated heterocycles. The number of aliphatic hydroxyl groups is 2. The highest BCUT2D eigenvalue weighted by Gasteiger charge is 2.49. The maximum atomic E-state index is 12.0. The first-order chi connectivity index (χ1) is 14.5. The number of hydrogen-bond acceptors (Lipinski definition) is 4. The lowest BCUT2D eigenvalue weighted by atomic mass is 9.63. The van der Waals surface area contributed by atoms with Crippen molar-refractivity contribution in [3.63, 3.8) is 0 Å². The number of hydrogen-bond donors (Lipinski definition) is 4. The van der Waals surface area contributed by atoms with Crippen LogP contribution >= 0.6 is 0 Å². The summed E-state index contributed by atoms with van der Waals surface area (Å²) in [4.78, 5) is 23.1. The number of carboxylic acids is 2. The van der Waals surface area contributed by atoms with Crippen LogP contribution in [0, 0.1) is 35.0 Å². The first kappa shape index (κ1) is 23.7. The Hall–Kier alpha value is -1.92. The summed E-state index contributed by atoms with van der Waals surface area (Å²) in [6, 6.07) is 0. The van der Waals surface area contributed by atoms with Crippen LogP contribution in [0.5, 0.6) is 0 Å². The van der Waals surface area contributed by atoms with E-state index >= 15 is 0 Å². The molecule has 172 valence electrons. The van der Waals surface area contributed by atoms with Gasteiger partial charge in [0.15, 0.2) is 0 Å². The SMILES string of the molecule is C/C(=C\C(O)[C@H](O)[C@H](C)C1=CC[C@@]2(C)C[C@@H]3[C@H](C)CC[C@@H]3C(C(=O)O)=CC[C@H]12)C(=O)O. The van der Waals surface area contributed by atoms with E-state index in [9.17, 15) is 24.9 Å². The molecule has 0 aromatic heterocycles. The minimum atomic E-state index is -1.28. The van der Waals surface area contributed by atoms with Gasteiger partial charge in [0, 0.05) is 17.1 Å². The van der Waals surface area contributed by atoms with Crippen molar-refractivity contribution in [3.05, 3.63) is 34.9 Å². The third-order valence-electron chi connectivity index (χ3n) is 8.30. The van der Waals surface area contributed by atoms with Gasteiger partial charge in [-0.15, -0.1) is 0 Å². The molecule has 3 aliphatic carbocycles. The molecule has 8 atom stereocenters. The van der Waals surface area contributed by atoms with Crippen LogP contribution < -0.4 is 0 Å². The van der Waals surface area contributed by atoms with Crippen molar-refractivity contribution in [1.82, 2.24) is 0 Å². The summed E-state index contributed by atoms with van der Waals surface area (Å²) in [7, 11) is 0. The van der Waals surface area contributed by atoms with Crippen LogP contribution in [0.1, 0.15) is 59.8 Å². The Morgan fingerprint density at radius 1 is 1.19 bits per heavy atom. The van der Waals surface area contributed by atoms with Crippen molar-refractivity contribution in [2.24, 2.45) is 35.0 Å². The lowest BCUT2D eigenvalue weighted by Gasteiger charge is -2.41. The van der Waals surface area contributed by atoms with E-state index in [-0.39, 0.29) is 28.7 Å². The van der Waals surface area contributed by atoms with Gasteiger partial charge in [0.1, 0.15) is 0 Å². The van der Waals surface area contributed by atoms with Crippen LogP contribution in [0.25, 0.3) is 0 Å². The standard InChI is InChI=1S/C25H36O6/c1-13-5-6-17-18(24(30)31)7-8-20-16(9-10-25(20,4)12-19(13)17)15(3)22(27)21(26)11-14(2)23(28)29/h7,9,11,13,15,17,19-22,26-27H,5-6,8,10,12H2,1-4H3,(H,28,29)(H,30,31)/b14-11+,18-7?/t13-,15-,17-,19-,20-,21?,22-,25+/m1/s1. The van der Waals surface area contributed by atoms with Crippen molar-refractivity contribution >= 4 is 11.9 Å². The topological polar surface area (TPSA) is 115 Å². The summed E-state index contributed by atoms with van der Waals surface area (Å²) in [5.74, 6) is -1.28. The van der Waals surface area contributed by atoms with E-state index < -0.39 is 24.1 Å². The molecule has 4 N–H and O–H groups in total. The van der Waals surface area contributed by atoms with Gasteiger partial charge in [0.2, 0.25) is 0 Å². The first-order valence-corrected chi connectivity index (χ1v) is 11.4. The molecule has 6 nitrogen and oxygen atoms in total. The Labute approximate surface area is 184 Å². The third kappa shape index (κ3) is 4.51. The molecule has 0 radical (unpaired) electrons. The van der Waals surface area contributed by atoms with Gasteiger partial charge < -0.3 is 20.4 Å². The molecule has 31 heavy (non-hydrogen) atoms. The molecule has 3 rings (SSSR count).